The van der Waals surface area contributed by atoms with Crippen LogP contribution in [0.4, 0.5) is 0 Å². The molecule has 28 heavy (non-hydrogen) atoms. The predicted molar refractivity (Wildman–Crippen MR) is 113 cm³/mol. The van der Waals surface area contributed by atoms with Gasteiger partial charge in [-0.3, -0.25) is 9.98 Å². The van der Waals surface area contributed by atoms with Crippen LogP contribution in [0.25, 0.3) is 0 Å². The van der Waals surface area contributed by atoms with E-state index in [1.165, 1.54) is 0 Å². The molecule has 0 aromatic heterocycles. The van der Waals surface area contributed by atoms with Gasteiger partial charge in [-0.05, 0) is 52.0 Å². The van der Waals surface area contributed by atoms with E-state index in [9.17, 15) is 10.2 Å². The standard InChI is InChI=1S/C22H28N2O4/c1-5-27-18-11-7-9-16(20(18)25)13-23-15-22(3,4)24-14-17-10-8-12-19(21(17)26)28-6-2/h7-14,25-26H,5-6,15H2,1-4H3. The molecule has 6 heteroatoms. The van der Waals surface area contributed by atoms with Crippen molar-refractivity contribution < 1.29 is 19.7 Å². The number of rotatable bonds is 9. The fraction of sp³-hybridized carbons (Fsp3) is 0.364. The van der Waals surface area contributed by atoms with Gasteiger partial charge in [-0.1, -0.05) is 12.1 Å². The highest BCUT2D eigenvalue weighted by Crippen LogP contribution is 2.30. The highest BCUT2D eigenvalue weighted by molar-refractivity contribution is 5.86. The van der Waals surface area contributed by atoms with Crippen molar-refractivity contribution >= 4 is 12.4 Å². The van der Waals surface area contributed by atoms with Crippen molar-refractivity contribution in [3.05, 3.63) is 47.5 Å². The van der Waals surface area contributed by atoms with Crippen molar-refractivity contribution in [2.45, 2.75) is 33.2 Å². The molecule has 2 aromatic carbocycles. The van der Waals surface area contributed by atoms with Crippen molar-refractivity contribution in [1.29, 1.82) is 0 Å². The fourth-order valence-electron chi connectivity index (χ4n) is 2.48. The van der Waals surface area contributed by atoms with Gasteiger partial charge in [0.2, 0.25) is 0 Å². The minimum absolute atomic E-state index is 0.0741. The summed E-state index contributed by atoms with van der Waals surface area (Å²) in [6.45, 7) is 8.99. The Morgan fingerprint density at radius 2 is 1.36 bits per heavy atom. The summed E-state index contributed by atoms with van der Waals surface area (Å²) in [5, 5.41) is 20.5. The van der Waals surface area contributed by atoms with Gasteiger partial charge in [0.25, 0.3) is 0 Å². The largest absolute Gasteiger partial charge is 0.504 e. The molecule has 0 bridgehead atoms. The summed E-state index contributed by atoms with van der Waals surface area (Å²) < 4.78 is 10.8. The molecular formula is C22H28N2O4. The van der Waals surface area contributed by atoms with E-state index in [-0.39, 0.29) is 11.5 Å². The number of nitrogens with zero attached hydrogens (tertiary/aromatic N) is 2. The maximum Gasteiger partial charge on any atom is 0.166 e. The summed E-state index contributed by atoms with van der Waals surface area (Å²) in [6, 6.07) is 10.6. The normalized spacial score (nSPS) is 12.0. The molecule has 0 spiro atoms. The van der Waals surface area contributed by atoms with E-state index < -0.39 is 5.54 Å². The Balaban J connectivity index is 2.08. The molecule has 0 saturated carbocycles. The number of phenolic OH excluding ortho intramolecular Hbond substituents is 2. The summed E-state index contributed by atoms with van der Waals surface area (Å²) in [5.74, 6) is 1.03. The van der Waals surface area contributed by atoms with Crippen LogP contribution in [0.15, 0.2) is 46.4 Å². The second-order valence-corrected chi connectivity index (χ2v) is 6.79. The third kappa shape index (κ3) is 5.74. The Bertz CT molecular complexity index is 844. The summed E-state index contributed by atoms with van der Waals surface area (Å²) in [7, 11) is 0. The van der Waals surface area contributed by atoms with Crippen molar-refractivity contribution in [2.24, 2.45) is 9.98 Å². The van der Waals surface area contributed by atoms with Gasteiger partial charge in [-0.15, -0.1) is 0 Å². The first kappa shape index (κ1) is 21.3. The van der Waals surface area contributed by atoms with Crippen LogP contribution in [-0.2, 0) is 0 Å². The zero-order valence-corrected chi connectivity index (χ0v) is 16.8. The minimum atomic E-state index is -0.488. The molecule has 150 valence electrons. The molecule has 0 atom stereocenters. The van der Waals surface area contributed by atoms with Gasteiger partial charge in [0, 0.05) is 23.6 Å². The number of para-hydroxylation sites is 2. The minimum Gasteiger partial charge on any atom is -0.504 e. The van der Waals surface area contributed by atoms with Gasteiger partial charge in [-0.25, -0.2) is 0 Å². The Hall–Kier alpha value is -3.02. The first-order valence-corrected chi connectivity index (χ1v) is 9.32. The van der Waals surface area contributed by atoms with Crippen LogP contribution < -0.4 is 9.47 Å². The van der Waals surface area contributed by atoms with E-state index in [1.807, 2.05) is 39.8 Å². The Kier molecular flexibility index (Phi) is 7.44. The van der Waals surface area contributed by atoms with E-state index in [0.29, 0.717) is 42.4 Å². The van der Waals surface area contributed by atoms with E-state index in [4.69, 9.17) is 9.47 Å². The van der Waals surface area contributed by atoms with Crippen LogP contribution in [0.5, 0.6) is 23.0 Å². The highest BCUT2D eigenvalue weighted by atomic mass is 16.5. The quantitative estimate of drug-likeness (QED) is 0.634. The van der Waals surface area contributed by atoms with Crippen molar-refractivity contribution in [3.63, 3.8) is 0 Å². The third-order valence-corrected chi connectivity index (χ3v) is 3.92. The zero-order valence-electron chi connectivity index (χ0n) is 16.8. The van der Waals surface area contributed by atoms with E-state index in [0.717, 1.165) is 0 Å². The number of benzene rings is 2. The van der Waals surface area contributed by atoms with Crippen LogP contribution >= 0.6 is 0 Å². The highest BCUT2D eigenvalue weighted by Gasteiger charge is 2.15. The van der Waals surface area contributed by atoms with Gasteiger partial charge in [0.15, 0.2) is 23.0 Å². The maximum absolute atomic E-state index is 10.3. The number of aliphatic imine (C=N–C) groups is 2. The third-order valence-electron chi connectivity index (χ3n) is 3.92. The first-order chi connectivity index (χ1) is 13.4. The molecule has 0 saturated heterocycles. The van der Waals surface area contributed by atoms with Crippen molar-refractivity contribution in [1.82, 2.24) is 0 Å². The monoisotopic (exact) mass is 384 g/mol. The molecule has 2 N–H and O–H groups in total. The average Bonchev–Trinajstić information content (AvgIpc) is 2.66. The molecule has 0 amide bonds. The SMILES string of the molecule is CCOc1cccc(C=NCC(C)(C)N=Cc2cccc(OCC)c2O)c1O. The molecule has 0 radical (unpaired) electrons. The lowest BCUT2D eigenvalue weighted by Crippen LogP contribution is -2.21. The number of hydrogen-bond donors (Lipinski definition) is 2. The number of aromatic hydroxyl groups is 2. The smallest absolute Gasteiger partial charge is 0.166 e. The van der Waals surface area contributed by atoms with Crippen LogP contribution in [0, 0.1) is 0 Å². The van der Waals surface area contributed by atoms with Crippen LogP contribution in [0.1, 0.15) is 38.8 Å². The first-order valence-electron chi connectivity index (χ1n) is 9.32. The lowest BCUT2D eigenvalue weighted by molar-refractivity contribution is 0.318. The summed E-state index contributed by atoms with van der Waals surface area (Å²) in [4.78, 5) is 8.96. The maximum atomic E-state index is 10.3. The molecule has 6 nitrogen and oxygen atoms in total. The molecule has 2 aromatic rings. The summed E-state index contributed by atoms with van der Waals surface area (Å²) >= 11 is 0. The molecule has 2 rings (SSSR count). The van der Waals surface area contributed by atoms with E-state index >= 15 is 0 Å². The number of phenols is 2. The van der Waals surface area contributed by atoms with E-state index in [1.54, 1.807) is 36.7 Å². The van der Waals surface area contributed by atoms with E-state index in [2.05, 4.69) is 9.98 Å². The molecule has 0 heterocycles. The van der Waals surface area contributed by atoms with Gasteiger partial charge < -0.3 is 19.7 Å². The molecule has 0 aliphatic carbocycles. The Labute approximate surface area is 166 Å². The topological polar surface area (TPSA) is 83.6 Å². The molecule has 0 fully saturated rings. The zero-order chi connectivity index (χ0) is 20.6. The lowest BCUT2D eigenvalue weighted by atomic mass is 10.1. The Morgan fingerprint density at radius 1 is 0.857 bits per heavy atom. The molecule has 0 unspecified atom stereocenters. The molecular weight excluding hydrogens is 356 g/mol. The van der Waals surface area contributed by atoms with Gasteiger partial charge in [0.05, 0.1) is 25.3 Å². The van der Waals surface area contributed by atoms with Crippen LogP contribution in [0.2, 0.25) is 0 Å². The Morgan fingerprint density at radius 3 is 1.86 bits per heavy atom. The summed E-state index contributed by atoms with van der Waals surface area (Å²) in [6.07, 6.45) is 3.24. The predicted octanol–water partition coefficient (Wildman–Crippen LogP) is 4.21. The van der Waals surface area contributed by atoms with Crippen molar-refractivity contribution in [3.8, 4) is 23.0 Å². The molecule has 0 aliphatic rings. The second-order valence-electron chi connectivity index (χ2n) is 6.79. The average molecular weight is 384 g/mol. The van der Waals surface area contributed by atoms with Crippen molar-refractivity contribution in [2.75, 3.05) is 19.8 Å². The summed E-state index contributed by atoms with van der Waals surface area (Å²) in [5.41, 5.74) is 0.690. The second kappa shape index (κ2) is 9.78. The fourth-order valence-corrected chi connectivity index (χ4v) is 2.48. The van der Waals surface area contributed by atoms with Gasteiger partial charge >= 0.3 is 0 Å². The van der Waals surface area contributed by atoms with Gasteiger partial charge in [-0.2, -0.15) is 0 Å². The van der Waals surface area contributed by atoms with Gasteiger partial charge in [0.1, 0.15) is 0 Å². The van der Waals surface area contributed by atoms with Crippen LogP contribution in [0.3, 0.4) is 0 Å². The van der Waals surface area contributed by atoms with Crippen LogP contribution in [-0.4, -0.2) is 47.9 Å². The number of hydrogen-bond acceptors (Lipinski definition) is 6. The lowest BCUT2D eigenvalue weighted by Gasteiger charge is -2.17. The molecule has 0 aliphatic heterocycles. The number of ether oxygens (including phenoxy) is 2.